The number of benzene rings is 2. The number of aliphatic hydroxyl groups excluding tert-OH is 1. The van der Waals surface area contributed by atoms with Gasteiger partial charge in [-0.15, -0.1) is 0 Å². The van der Waals surface area contributed by atoms with Crippen LogP contribution in [0.4, 0.5) is 4.39 Å². The summed E-state index contributed by atoms with van der Waals surface area (Å²) in [5.74, 6) is -0.528. The maximum Gasteiger partial charge on any atom is 0.245 e. The second-order valence-electron chi connectivity index (χ2n) is 8.72. The number of nitrogens with zero attached hydrogens (tertiary/aromatic N) is 2. The van der Waals surface area contributed by atoms with Crippen LogP contribution in [0.1, 0.15) is 35.3 Å². The van der Waals surface area contributed by atoms with Gasteiger partial charge in [0.2, 0.25) is 5.91 Å². The average molecular weight is 480 g/mol. The molecule has 2 heterocycles. The number of β-amino-alcohol motifs (C(OH)–C–C–N with tert-alkyl or cyclic N) is 1. The van der Waals surface area contributed by atoms with Gasteiger partial charge < -0.3 is 14.7 Å². The average Bonchev–Trinajstić information content (AvgIpc) is 3.42. The van der Waals surface area contributed by atoms with Crippen molar-refractivity contribution in [2.24, 2.45) is 0 Å². The maximum atomic E-state index is 15.1. The Balaban J connectivity index is 1.45. The summed E-state index contributed by atoms with van der Waals surface area (Å²) in [5, 5.41) is 14.2. The van der Waals surface area contributed by atoms with Gasteiger partial charge in [-0.1, -0.05) is 29.3 Å². The minimum Gasteiger partial charge on any atom is -0.481 e. The number of hydrogen-bond acceptors (Lipinski definition) is 5. The number of ether oxygens (including phenoxy) is 1. The van der Waals surface area contributed by atoms with Crippen LogP contribution in [0.5, 0.6) is 5.75 Å². The number of aliphatic hydroxyl groups is 1. The molecule has 1 amide bonds. The van der Waals surface area contributed by atoms with Crippen LogP contribution in [-0.4, -0.2) is 59.8 Å². The largest absolute Gasteiger partial charge is 0.481 e. The van der Waals surface area contributed by atoms with Gasteiger partial charge >= 0.3 is 0 Å². The van der Waals surface area contributed by atoms with E-state index < -0.39 is 18.0 Å². The first-order valence-electron chi connectivity index (χ1n) is 10.7. The van der Waals surface area contributed by atoms with Crippen LogP contribution in [0.15, 0.2) is 30.3 Å². The molecule has 2 aromatic rings. The van der Waals surface area contributed by atoms with Crippen LogP contribution in [0, 0.1) is 5.82 Å². The Hall–Kier alpha value is -1.90. The zero-order chi connectivity index (χ0) is 22.6. The van der Waals surface area contributed by atoms with Gasteiger partial charge in [0.1, 0.15) is 12.1 Å². The Morgan fingerprint density at radius 3 is 2.72 bits per heavy atom. The molecule has 32 heavy (non-hydrogen) atoms. The fourth-order valence-corrected chi connectivity index (χ4v) is 5.54. The van der Waals surface area contributed by atoms with Crippen molar-refractivity contribution < 1.29 is 19.0 Å². The number of nitrogens with one attached hydrogen (secondary N) is 1. The van der Waals surface area contributed by atoms with Gasteiger partial charge in [-0.2, -0.15) is 0 Å². The number of rotatable bonds is 4. The van der Waals surface area contributed by atoms with Crippen LogP contribution in [0.25, 0.3) is 0 Å². The lowest BCUT2D eigenvalue weighted by Crippen LogP contribution is -2.39. The van der Waals surface area contributed by atoms with Crippen molar-refractivity contribution in [2.45, 2.75) is 37.1 Å². The summed E-state index contributed by atoms with van der Waals surface area (Å²) in [6.07, 6.45) is 0.455. The fraction of sp³-hybridized carbons (Fsp3) is 0.435. The van der Waals surface area contributed by atoms with Gasteiger partial charge in [0.15, 0.2) is 11.6 Å². The molecule has 2 saturated heterocycles. The van der Waals surface area contributed by atoms with E-state index in [4.69, 9.17) is 27.9 Å². The molecule has 170 valence electrons. The monoisotopic (exact) mass is 479 g/mol. The van der Waals surface area contributed by atoms with E-state index >= 15 is 4.39 Å². The molecule has 1 unspecified atom stereocenters. The minimum absolute atomic E-state index is 0.0936. The van der Waals surface area contributed by atoms with E-state index in [1.807, 2.05) is 6.07 Å². The summed E-state index contributed by atoms with van der Waals surface area (Å²) in [4.78, 5) is 16.0. The molecule has 3 aliphatic rings. The minimum atomic E-state index is -0.563. The molecule has 6 nitrogen and oxygen atoms in total. The molecule has 9 heteroatoms. The number of likely N-dealkylation sites (tertiary alicyclic amines) is 1. The summed E-state index contributed by atoms with van der Waals surface area (Å²) in [6, 6.07) is 7.50. The van der Waals surface area contributed by atoms with E-state index in [1.165, 1.54) is 6.07 Å². The third-order valence-electron chi connectivity index (χ3n) is 6.63. The Labute approximate surface area is 195 Å². The molecule has 5 rings (SSSR count). The van der Waals surface area contributed by atoms with Gasteiger partial charge in [0.05, 0.1) is 18.8 Å². The second kappa shape index (κ2) is 8.47. The zero-order valence-electron chi connectivity index (χ0n) is 17.5. The van der Waals surface area contributed by atoms with E-state index in [0.717, 1.165) is 17.7 Å². The van der Waals surface area contributed by atoms with E-state index in [1.54, 1.807) is 30.1 Å². The second-order valence-corrected chi connectivity index (χ2v) is 9.57. The van der Waals surface area contributed by atoms with Crippen molar-refractivity contribution in [1.82, 2.24) is 15.1 Å². The van der Waals surface area contributed by atoms with E-state index in [9.17, 15) is 9.90 Å². The van der Waals surface area contributed by atoms with Gasteiger partial charge in [0, 0.05) is 35.7 Å². The topological polar surface area (TPSA) is 65.0 Å². The van der Waals surface area contributed by atoms with Gasteiger partial charge in [-0.3, -0.25) is 15.0 Å². The fourth-order valence-electron chi connectivity index (χ4n) is 4.95. The number of halogens is 3. The van der Waals surface area contributed by atoms with Crippen molar-refractivity contribution >= 4 is 29.1 Å². The number of carbonyl (C=O) groups is 1. The Morgan fingerprint density at radius 2 is 2.06 bits per heavy atom. The van der Waals surface area contributed by atoms with Crippen molar-refractivity contribution in [3.8, 4) is 5.75 Å². The predicted octanol–water partition coefficient (Wildman–Crippen LogP) is 3.30. The van der Waals surface area contributed by atoms with Crippen molar-refractivity contribution in [3.63, 3.8) is 0 Å². The molecular formula is C23H24Cl2FN3O3. The summed E-state index contributed by atoms with van der Waals surface area (Å²) in [6.45, 7) is 1.69. The lowest BCUT2D eigenvalue weighted by atomic mass is 10.1. The predicted molar refractivity (Wildman–Crippen MR) is 119 cm³/mol. The highest BCUT2D eigenvalue weighted by molar-refractivity contribution is 6.35. The summed E-state index contributed by atoms with van der Waals surface area (Å²) in [7, 11) is 1.70. The van der Waals surface area contributed by atoms with Crippen LogP contribution < -0.4 is 10.1 Å². The first kappa shape index (κ1) is 21.9. The highest BCUT2D eigenvalue weighted by Gasteiger charge is 2.42. The van der Waals surface area contributed by atoms with E-state index in [-0.39, 0.29) is 23.8 Å². The molecule has 1 aliphatic carbocycles. The molecule has 0 radical (unpaired) electrons. The molecule has 2 fully saturated rings. The first-order chi connectivity index (χ1) is 15.3. The summed E-state index contributed by atoms with van der Waals surface area (Å²) in [5.41, 5.74) is 2.33. The molecule has 2 aliphatic heterocycles. The molecule has 0 saturated carbocycles. The van der Waals surface area contributed by atoms with Crippen LogP contribution in [0.3, 0.4) is 0 Å². The quantitative estimate of drug-likeness (QED) is 0.704. The molecule has 0 bridgehead atoms. The summed E-state index contributed by atoms with van der Waals surface area (Å²) >= 11 is 12.7. The van der Waals surface area contributed by atoms with Gasteiger partial charge in [-0.25, -0.2) is 4.39 Å². The van der Waals surface area contributed by atoms with Crippen molar-refractivity contribution in [3.05, 3.63) is 62.9 Å². The molecular weight excluding hydrogens is 456 g/mol. The first-order valence-corrected chi connectivity index (χ1v) is 11.4. The number of likely N-dealkylation sites (N-methyl/N-ethyl adjacent to an activating group) is 1. The third kappa shape index (κ3) is 3.86. The smallest absolute Gasteiger partial charge is 0.245 e. The standard InChI is InChI=1S/C23H24Cl2FN3O3/c1-28-11-27-21(23(28)31)12-2-3-20(18(26)6-12)32-22-16-7-13(24)8-17(25)15(16)9-19(22)29-5-4-14(30)10-29/h2-3,6-8,14,19,21-22,27,30H,4-5,9-11H2,1H3/t14-,19+,21?,22+/m1/s1. The number of amides is 1. The van der Waals surface area contributed by atoms with Crippen LogP contribution >= 0.6 is 23.2 Å². The van der Waals surface area contributed by atoms with E-state index in [0.29, 0.717) is 41.7 Å². The highest BCUT2D eigenvalue weighted by atomic mass is 35.5. The molecule has 4 atom stereocenters. The molecule has 2 aromatic carbocycles. The lowest BCUT2D eigenvalue weighted by molar-refractivity contribution is -0.127. The Morgan fingerprint density at radius 1 is 1.25 bits per heavy atom. The summed E-state index contributed by atoms with van der Waals surface area (Å²) < 4.78 is 21.3. The number of fused-ring (bicyclic) bond motifs is 1. The molecule has 0 aromatic heterocycles. The number of carbonyl (C=O) groups excluding carboxylic acids is 1. The molecule has 2 N–H and O–H groups in total. The normalized spacial score (nSPS) is 27.9. The third-order valence-corrected chi connectivity index (χ3v) is 7.18. The van der Waals surface area contributed by atoms with E-state index in [2.05, 4.69) is 10.2 Å². The maximum absolute atomic E-state index is 15.1. The van der Waals surface area contributed by atoms with Gasteiger partial charge in [-0.05, 0) is 48.2 Å². The van der Waals surface area contributed by atoms with Crippen molar-refractivity contribution in [1.29, 1.82) is 0 Å². The van der Waals surface area contributed by atoms with Gasteiger partial charge in [0.25, 0.3) is 0 Å². The van der Waals surface area contributed by atoms with Crippen molar-refractivity contribution in [2.75, 3.05) is 26.8 Å². The SMILES string of the molecule is CN1CNC(c2ccc(O[C@H]3c4cc(Cl)cc(Cl)c4C[C@@H]3N3CC[C@@H](O)C3)c(F)c2)C1=O. The Kier molecular flexibility index (Phi) is 5.80. The Bertz CT molecular complexity index is 1070. The van der Waals surface area contributed by atoms with Crippen LogP contribution in [-0.2, 0) is 11.2 Å². The molecule has 0 spiro atoms. The number of hydrogen-bond donors (Lipinski definition) is 2. The lowest BCUT2D eigenvalue weighted by Gasteiger charge is -2.30. The highest BCUT2D eigenvalue weighted by Crippen LogP contribution is 2.44. The zero-order valence-corrected chi connectivity index (χ0v) is 19.0. The van der Waals surface area contributed by atoms with Crippen LogP contribution in [0.2, 0.25) is 10.0 Å².